The Kier molecular flexibility index (Phi) is 6.48. The zero-order valence-corrected chi connectivity index (χ0v) is 11.9. The van der Waals surface area contributed by atoms with Crippen LogP contribution >= 0.6 is 0 Å². The van der Waals surface area contributed by atoms with Crippen LogP contribution in [0.15, 0.2) is 0 Å². The van der Waals surface area contributed by atoms with Gasteiger partial charge in [0.25, 0.3) is 0 Å². The number of cyclic esters (lactones) is 2. The molecular formula is C14H22O6. The highest BCUT2D eigenvalue weighted by Crippen LogP contribution is 2.26. The van der Waals surface area contributed by atoms with Gasteiger partial charge in [0.05, 0.1) is 0 Å². The van der Waals surface area contributed by atoms with Crippen molar-refractivity contribution >= 4 is 17.9 Å². The lowest BCUT2D eigenvalue weighted by Gasteiger charge is -2.28. The molecule has 1 saturated heterocycles. The SMILES string of the molecule is CCCCCCC1(C(=O)O)OC(=O)CCCCC(=O)O1. The number of hydrogen-bond donors (Lipinski definition) is 1. The minimum absolute atomic E-state index is 0.000185. The highest BCUT2D eigenvalue weighted by atomic mass is 16.7. The molecule has 6 heteroatoms. The molecule has 0 saturated carbocycles. The van der Waals surface area contributed by atoms with Gasteiger partial charge in [0.1, 0.15) is 0 Å². The second kappa shape index (κ2) is 7.87. The minimum Gasteiger partial charge on any atom is -0.475 e. The molecular weight excluding hydrogens is 264 g/mol. The first-order chi connectivity index (χ1) is 9.50. The first kappa shape index (κ1) is 16.5. The average molecular weight is 286 g/mol. The van der Waals surface area contributed by atoms with Crippen molar-refractivity contribution < 1.29 is 29.0 Å². The second-order valence-corrected chi connectivity index (χ2v) is 5.02. The standard InChI is InChI=1S/C14H22O6/c1-2-3-4-7-10-14(13(17)18)19-11(15)8-5-6-9-12(16)20-14/h2-10H2,1H3,(H,17,18). The van der Waals surface area contributed by atoms with Gasteiger partial charge in [0.15, 0.2) is 0 Å². The number of carbonyl (C=O) groups excluding carboxylic acids is 2. The lowest BCUT2D eigenvalue weighted by atomic mass is 10.1. The van der Waals surface area contributed by atoms with Crippen molar-refractivity contribution in [3.8, 4) is 0 Å². The number of carboxylic acid groups (broad SMARTS) is 1. The van der Waals surface area contributed by atoms with Crippen molar-refractivity contribution in [3.63, 3.8) is 0 Å². The molecule has 1 N–H and O–H groups in total. The molecule has 20 heavy (non-hydrogen) atoms. The van der Waals surface area contributed by atoms with Gasteiger partial charge in [0.2, 0.25) is 0 Å². The van der Waals surface area contributed by atoms with E-state index in [9.17, 15) is 19.5 Å². The summed E-state index contributed by atoms with van der Waals surface area (Å²) in [6, 6.07) is 0. The summed E-state index contributed by atoms with van der Waals surface area (Å²) in [5.41, 5.74) is 0. The first-order valence-electron chi connectivity index (χ1n) is 7.17. The molecule has 0 unspecified atom stereocenters. The Labute approximate surface area is 118 Å². The molecule has 1 aliphatic heterocycles. The fourth-order valence-corrected chi connectivity index (χ4v) is 2.11. The van der Waals surface area contributed by atoms with E-state index in [4.69, 9.17) is 9.47 Å². The molecule has 0 aromatic heterocycles. The van der Waals surface area contributed by atoms with E-state index < -0.39 is 23.7 Å². The van der Waals surface area contributed by atoms with Gasteiger partial charge in [-0.3, -0.25) is 9.59 Å². The molecule has 0 aromatic rings. The van der Waals surface area contributed by atoms with E-state index in [2.05, 4.69) is 0 Å². The van der Waals surface area contributed by atoms with E-state index >= 15 is 0 Å². The van der Waals surface area contributed by atoms with Crippen molar-refractivity contribution in [2.45, 2.75) is 70.5 Å². The van der Waals surface area contributed by atoms with Crippen molar-refractivity contribution in [1.82, 2.24) is 0 Å². The van der Waals surface area contributed by atoms with E-state index in [1.165, 1.54) is 0 Å². The van der Waals surface area contributed by atoms with Crippen LogP contribution in [0.5, 0.6) is 0 Å². The van der Waals surface area contributed by atoms with E-state index in [1.54, 1.807) is 0 Å². The third-order valence-electron chi connectivity index (χ3n) is 3.25. The lowest BCUT2D eigenvalue weighted by molar-refractivity contribution is -0.238. The molecule has 1 heterocycles. The maximum atomic E-state index is 11.6. The second-order valence-electron chi connectivity index (χ2n) is 5.02. The van der Waals surface area contributed by atoms with Crippen LogP contribution in [0.1, 0.15) is 64.7 Å². The van der Waals surface area contributed by atoms with Crippen LogP contribution in [0.2, 0.25) is 0 Å². The van der Waals surface area contributed by atoms with E-state index in [1.807, 2.05) is 6.92 Å². The maximum Gasteiger partial charge on any atom is 0.390 e. The Balaban J connectivity index is 2.81. The zero-order chi connectivity index (χ0) is 15.0. The molecule has 1 fully saturated rings. The lowest BCUT2D eigenvalue weighted by Crippen LogP contribution is -2.47. The summed E-state index contributed by atoms with van der Waals surface area (Å²) >= 11 is 0. The Morgan fingerprint density at radius 1 is 1.10 bits per heavy atom. The van der Waals surface area contributed by atoms with Crippen LogP contribution in [0.3, 0.4) is 0 Å². The number of rotatable bonds is 6. The quantitative estimate of drug-likeness (QED) is 0.595. The van der Waals surface area contributed by atoms with Crippen LogP contribution in [0, 0.1) is 0 Å². The van der Waals surface area contributed by atoms with Gasteiger partial charge in [-0.15, -0.1) is 0 Å². The van der Waals surface area contributed by atoms with E-state index in [0.29, 0.717) is 19.3 Å². The number of unbranched alkanes of at least 4 members (excludes halogenated alkanes) is 3. The van der Waals surface area contributed by atoms with E-state index in [-0.39, 0.29) is 19.3 Å². The van der Waals surface area contributed by atoms with Gasteiger partial charge in [-0.1, -0.05) is 26.2 Å². The summed E-state index contributed by atoms with van der Waals surface area (Å²) in [5.74, 6) is -4.82. The minimum atomic E-state index is -2.15. The largest absolute Gasteiger partial charge is 0.475 e. The van der Waals surface area contributed by atoms with Crippen molar-refractivity contribution in [2.75, 3.05) is 0 Å². The molecule has 0 bridgehead atoms. The number of carbonyl (C=O) groups is 3. The van der Waals surface area contributed by atoms with Crippen LogP contribution < -0.4 is 0 Å². The van der Waals surface area contributed by atoms with Gasteiger partial charge >= 0.3 is 23.7 Å². The smallest absolute Gasteiger partial charge is 0.390 e. The Bertz CT molecular complexity index is 343. The monoisotopic (exact) mass is 286 g/mol. The zero-order valence-electron chi connectivity index (χ0n) is 11.9. The van der Waals surface area contributed by atoms with Crippen LogP contribution in [0.25, 0.3) is 0 Å². The molecule has 1 aliphatic rings. The summed E-state index contributed by atoms with van der Waals surface area (Å²) in [7, 11) is 0. The molecule has 0 aromatic carbocycles. The summed E-state index contributed by atoms with van der Waals surface area (Å²) < 4.78 is 9.98. The van der Waals surface area contributed by atoms with Gasteiger partial charge in [0, 0.05) is 19.3 Å². The fraction of sp³-hybridized carbons (Fsp3) is 0.786. The number of hydrogen-bond acceptors (Lipinski definition) is 5. The van der Waals surface area contributed by atoms with Crippen LogP contribution in [0.4, 0.5) is 0 Å². The third-order valence-corrected chi connectivity index (χ3v) is 3.25. The summed E-state index contributed by atoms with van der Waals surface area (Å²) in [4.78, 5) is 34.7. The topological polar surface area (TPSA) is 89.9 Å². The first-order valence-corrected chi connectivity index (χ1v) is 7.17. The number of carboxylic acids is 1. The Morgan fingerprint density at radius 2 is 1.65 bits per heavy atom. The van der Waals surface area contributed by atoms with Crippen LogP contribution in [-0.4, -0.2) is 28.8 Å². The third kappa shape index (κ3) is 4.83. The average Bonchev–Trinajstić information content (AvgIpc) is 2.45. The van der Waals surface area contributed by atoms with Crippen molar-refractivity contribution in [3.05, 3.63) is 0 Å². The fourth-order valence-electron chi connectivity index (χ4n) is 2.11. The van der Waals surface area contributed by atoms with Gasteiger partial charge in [-0.2, -0.15) is 0 Å². The van der Waals surface area contributed by atoms with Gasteiger partial charge < -0.3 is 14.6 Å². The number of esters is 2. The molecule has 114 valence electrons. The highest BCUT2D eigenvalue weighted by molar-refractivity contribution is 5.84. The molecule has 1 rings (SSSR count). The van der Waals surface area contributed by atoms with Gasteiger partial charge in [-0.05, 0) is 19.3 Å². The Morgan fingerprint density at radius 3 is 2.10 bits per heavy atom. The van der Waals surface area contributed by atoms with E-state index in [0.717, 1.165) is 19.3 Å². The highest BCUT2D eigenvalue weighted by Gasteiger charge is 2.46. The summed E-state index contributed by atoms with van der Waals surface area (Å²) in [5, 5.41) is 9.34. The van der Waals surface area contributed by atoms with Crippen LogP contribution in [-0.2, 0) is 23.9 Å². The summed E-state index contributed by atoms with van der Waals surface area (Å²) in [6.07, 6.45) is 4.51. The predicted molar refractivity (Wildman–Crippen MR) is 69.8 cm³/mol. The van der Waals surface area contributed by atoms with Crippen molar-refractivity contribution in [1.29, 1.82) is 0 Å². The number of ether oxygens (including phenoxy) is 2. The van der Waals surface area contributed by atoms with Crippen molar-refractivity contribution in [2.24, 2.45) is 0 Å². The maximum absolute atomic E-state index is 11.6. The van der Waals surface area contributed by atoms with Gasteiger partial charge in [-0.25, -0.2) is 4.79 Å². The molecule has 0 atom stereocenters. The molecule has 0 aliphatic carbocycles. The molecule has 0 spiro atoms. The molecule has 6 nitrogen and oxygen atoms in total. The normalized spacial score (nSPS) is 19.2. The molecule has 0 radical (unpaired) electrons. The summed E-state index contributed by atoms with van der Waals surface area (Å²) in [6.45, 7) is 2.03. The number of aliphatic carboxylic acids is 1. The predicted octanol–water partition coefficient (Wildman–Crippen LogP) is 2.40. The molecule has 0 amide bonds. The Hall–Kier alpha value is -1.59.